The van der Waals surface area contributed by atoms with Gasteiger partial charge in [-0.2, -0.15) is 6.08 Å². The molecule has 1 aliphatic carbocycles. The van der Waals surface area contributed by atoms with E-state index < -0.39 is 0 Å². The van der Waals surface area contributed by atoms with Gasteiger partial charge in [0, 0.05) is 21.7 Å². The van der Waals surface area contributed by atoms with E-state index in [0.717, 1.165) is 12.0 Å². The van der Waals surface area contributed by atoms with Crippen LogP contribution in [-0.4, -0.2) is 5.11 Å². The van der Waals surface area contributed by atoms with Gasteiger partial charge in [0.15, 0.2) is 0 Å². The van der Waals surface area contributed by atoms with Gasteiger partial charge in [0.2, 0.25) is 0 Å². The van der Waals surface area contributed by atoms with Crippen LogP contribution in [0.4, 0.5) is 9.41 Å². The molecular formula is C15H21F2OTi-. The van der Waals surface area contributed by atoms with E-state index in [1.807, 2.05) is 30.4 Å². The molecule has 0 fully saturated rings. The third-order valence-corrected chi connectivity index (χ3v) is 2.30. The SMILES string of the molecule is CC(C)(C)c1ccccc1O.F.F.[C-]1=CC=CC1.[Ti]. The second kappa shape index (κ2) is 10.9. The Morgan fingerprint density at radius 3 is 1.95 bits per heavy atom. The number of aromatic hydroxyl groups is 1. The van der Waals surface area contributed by atoms with Gasteiger partial charge in [0.05, 0.1) is 0 Å². The predicted octanol–water partition coefficient (Wildman–Crippen LogP) is 4.30. The van der Waals surface area contributed by atoms with Gasteiger partial charge in [0.1, 0.15) is 5.75 Å². The molecule has 1 N–H and O–H groups in total. The Labute approximate surface area is 129 Å². The van der Waals surface area contributed by atoms with Gasteiger partial charge < -0.3 is 5.11 Å². The molecule has 0 atom stereocenters. The number of benzene rings is 1. The van der Waals surface area contributed by atoms with E-state index in [0.29, 0.717) is 5.75 Å². The Kier molecular flexibility index (Phi) is 13.4. The van der Waals surface area contributed by atoms with Crippen molar-refractivity contribution in [1.82, 2.24) is 0 Å². The predicted molar refractivity (Wildman–Crippen MR) is 73.4 cm³/mol. The van der Waals surface area contributed by atoms with Crippen molar-refractivity contribution >= 4 is 0 Å². The maximum absolute atomic E-state index is 9.45. The average Bonchev–Trinajstić information content (AvgIpc) is 2.74. The summed E-state index contributed by atoms with van der Waals surface area (Å²) in [6.45, 7) is 6.26. The monoisotopic (exact) mass is 303 g/mol. The number of hydrogen-bond acceptors (Lipinski definition) is 1. The molecule has 19 heavy (non-hydrogen) atoms. The molecule has 106 valence electrons. The summed E-state index contributed by atoms with van der Waals surface area (Å²) in [5.41, 5.74) is 1.03. The molecule has 1 aliphatic rings. The minimum Gasteiger partial charge on any atom is -0.508 e. The molecule has 0 unspecified atom stereocenters. The first-order valence-electron chi connectivity index (χ1n) is 5.52. The first-order chi connectivity index (χ1) is 7.52. The van der Waals surface area contributed by atoms with Gasteiger partial charge in [0.25, 0.3) is 0 Å². The number of hydrogen-bond donors (Lipinski definition) is 1. The van der Waals surface area contributed by atoms with E-state index in [4.69, 9.17) is 0 Å². The van der Waals surface area contributed by atoms with Crippen LogP contribution >= 0.6 is 0 Å². The van der Waals surface area contributed by atoms with E-state index in [9.17, 15) is 5.11 Å². The number of rotatable bonds is 0. The molecular weight excluding hydrogens is 282 g/mol. The normalized spacial score (nSPS) is 11.3. The summed E-state index contributed by atoms with van der Waals surface area (Å²) in [7, 11) is 0. The van der Waals surface area contributed by atoms with E-state index in [2.05, 4.69) is 32.9 Å². The number of para-hydroxylation sites is 1. The van der Waals surface area contributed by atoms with E-state index >= 15 is 0 Å². The summed E-state index contributed by atoms with van der Waals surface area (Å²) in [5, 5.41) is 9.45. The second-order valence-electron chi connectivity index (χ2n) is 4.77. The number of phenolic OH excluding ortho intramolecular Hbond substituents is 1. The number of halogens is 2. The molecule has 0 aliphatic heterocycles. The van der Waals surface area contributed by atoms with Crippen LogP contribution in [0.15, 0.2) is 42.5 Å². The molecule has 0 saturated heterocycles. The van der Waals surface area contributed by atoms with Crippen molar-refractivity contribution in [2.24, 2.45) is 0 Å². The van der Waals surface area contributed by atoms with Crippen LogP contribution in [-0.2, 0) is 27.1 Å². The molecule has 0 bridgehead atoms. The fourth-order valence-corrected chi connectivity index (χ4v) is 1.45. The molecule has 1 aromatic carbocycles. The molecule has 0 spiro atoms. The van der Waals surface area contributed by atoms with E-state index in [1.165, 1.54) is 0 Å². The van der Waals surface area contributed by atoms with Gasteiger partial charge in [-0.25, -0.2) is 12.2 Å². The molecule has 0 amide bonds. The summed E-state index contributed by atoms with van der Waals surface area (Å²) in [4.78, 5) is 0. The Balaban J connectivity index is -0.000000277. The van der Waals surface area contributed by atoms with Crippen LogP contribution < -0.4 is 0 Å². The van der Waals surface area contributed by atoms with Crippen LogP contribution in [0.5, 0.6) is 5.75 Å². The standard InChI is InChI=1S/C10H14O.C5H5.2FH.Ti/c1-10(2,3)8-6-4-5-7-9(8)11;1-2-4-5-3-1;;;/h4-7,11H,1-3H3;1-3H,4H2;2*1H;/q;-1;;;. The minimum absolute atomic E-state index is 0. The first kappa shape index (κ1) is 23.2. The molecule has 2 rings (SSSR count). The van der Waals surface area contributed by atoms with Gasteiger partial charge in [-0.05, 0) is 17.0 Å². The van der Waals surface area contributed by atoms with Crippen LogP contribution in [0, 0.1) is 6.08 Å². The Hall–Kier alpha value is -0.926. The van der Waals surface area contributed by atoms with Crippen molar-refractivity contribution < 1.29 is 36.2 Å². The average molecular weight is 303 g/mol. The summed E-state index contributed by atoms with van der Waals surface area (Å²) >= 11 is 0. The van der Waals surface area contributed by atoms with Crippen molar-refractivity contribution in [3.8, 4) is 5.75 Å². The smallest absolute Gasteiger partial charge is 0.119 e. The number of phenols is 1. The zero-order valence-electron chi connectivity index (χ0n) is 11.5. The third kappa shape index (κ3) is 8.74. The Bertz CT molecular complexity index is 385. The van der Waals surface area contributed by atoms with Crippen LogP contribution in [0.1, 0.15) is 32.8 Å². The van der Waals surface area contributed by atoms with Crippen molar-refractivity contribution in [2.45, 2.75) is 32.6 Å². The maximum atomic E-state index is 9.45. The van der Waals surface area contributed by atoms with Gasteiger partial charge in [-0.1, -0.05) is 39.0 Å². The number of allylic oxidation sites excluding steroid dienone is 4. The zero-order valence-corrected chi connectivity index (χ0v) is 13.1. The summed E-state index contributed by atoms with van der Waals surface area (Å²) < 4.78 is 0. The molecule has 1 aromatic rings. The first-order valence-corrected chi connectivity index (χ1v) is 5.52. The van der Waals surface area contributed by atoms with Gasteiger partial charge in [-0.15, -0.1) is 6.42 Å². The summed E-state index contributed by atoms with van der Waals surface area (Å²) in [5.74, 6) is 0.389. The second-order valence-corrected chi connectivity index (χ2v) is 4.77. The molecule has 0 aromatic heterocycles. The molecule has 1 nitrogen and oxygen atoms in total. The topological polar surface area (TPSA) is 20.2 Å². The molecule has 0 radical (unpaired) electrons. The molecule has 4 heteroatoms. The molecule has 0 heterocycles. The quantitative estimate of drug-likeness (QED) is 0.560. The van der Waals surface area contributed by atoms with Crippen LogP contribution in [0.3, 0.4) is 0 Å². The van der Waals surface area contributed by atoms with E-state index in [1.54, 1.807) is 6.07 Å². The van der Waals surface area contributed by atoms with Crippen molar-refractivity contribution in [1.29, 1.82) is 0 Å². The molecule has 0 saturated carbocycles. The maximum Gasteiger partial charge on any atom is 0.119 e. The summed E-state index contributed by atoms with van der Waals surface area (Å²) in [6, 6.07) is 7.46. The van der Waals surface area contributed by atoms with Gasteiger partial charge in [-0.3, -0.25) is 15.5 Å². The van der Waals surface area contributed by atoms with Crippen molar-refractivity contribution in [3.05, 3.63) is 54.1 Å². The van der Waals surface area contributed by atoms with Crippen LogP contribution in [0.25, 0.3) is 0 Å². The zero-order chi connectivity index (χ0) is 12.0. The van der Waals surface area contributed by atoms with Crippen molar-refractivity contribution in [2.75, 3.05) is 0 Å². The van der Waals surface area contributed by atoms with Crippen molar-refractivity contribution in [3.63, 3.8) is 0 Å². The largest absolute Gasteiger partial charge is 0.508 e. The third-order valence-electron chi connectivity index (χ3n) is 2.30. The fraction of sp³-hybridized carbons (Fsp3) is 0.333. The van der Waals surface area contributed by atoms with Crippen LogP contribution in [0.2, 0.25) is 0 Å². The summed E-state index contributed by atoms with van der Waals surface area (Å²) in [6.07, 6.45) is 10.0. The fourth-order valence-electron chi connectivity index (χ4n) is 1.45. The van der Waals surface area contributed by atoms with E-state index in [-0.39, 0.29) is 36.5 Å². The van der Waals surface area contributed by atoms with Gasteiger partial charge >= 0.3 is 0 Å². The Morgan fingerprint density at radius 1 is 1.11 bits per heavy atom. The Morgan fingerprint density at radius 2 is 1.68 bits per heavy atom. The minimum atomic E-state index is 0.